The Morgan fingerprint density at radius 3 is 1.09 bits per heavy atom. The van der Waals surface area contributed by atoms with Crippen LogP contribution in [-0.4, -0.2) is 37.2 Å². The standard InChI is InChI=1S/C50H86O6/c1-4-7-10-13-15-17-18-19-20-21-22-23-24-25-26-27-28-29-30-31-32-33-35-37-40-43-49(52)55-46-47(45-54-48(51)42-39-36-12-9-6-3)56-50(53)44-41-38-34-16-14-11-8-5-2/h7,10,15,17,19-20,22-23,25-26,47H,4-6,8-9,11-14,16,18,21,24,27-46H2,1-3H3/b10-7-,17-15-,20-19-,23-22-,26-25-. The average molecular weight is 783 g/mol. The van der Waals surface area contributed by atoms with Crippen LogP contribution in [0, 0.1) is 0 Å². The van der Waals surface area contributed by atoms with Crippen LogP contribution in [0.15, 0.2) is 60.8 Å². The first-order valence-electron chi connectivity index (χ1n) is 23.3. The summed E-state index contributed by atoms with van der Waals surface area (Å²) in [5.41, 5.74) is 0. The predicted molar refractivity (Wildman–Crippen MR) is 238 cm³/mol. The van der Waals surface area contributed by atoms with E-state index in [2.05, 4.69) is 81.5 Å². The van der Waals surface area contributed by atoms with Crippen molar-refractivity contribution in [2.45, 2.75) is 226 Å². The van der Waals surface area contributed by atoms with Gasteiger partial charge in [0.25, 0.3) is 0 Å². The van der Waals surface area contributed by atoms with E-state index in [1.807, 2.05) is 0 Å². The summed E-state index contributed by atoms with van der Waals surface area (Å²) in [7, 11) is 0. The normalized spacial score (nSPS) is 12.6. The van der Waals surface area contributed by atoms with E-state index in [-0.39, 0.29) is 31.1 Å². The van der Waals surface area contributed by atoms with E-state index in [1.165, 1.54) is 77.0 Å². The fraction of sp³-hybridized carbons (Fsp3) is 0.740. The number of unbranched alkanes of at least 4 members (excludes halogenated alkanes) is 20. The molecule has 56 heavy (non-hydrogen) atoms. The van der Waals surface area contributed by atoms with Crippen LogP contribution in [0.4, 0.5) is 0 Å². The Hall–Kier alpha value is -2.89. The molecule has 0 radical (unpaired) electrons. The summed E-state index contributed by atoms with van der Waals surface area (Å²) in [6, 6.07) is 0. The molecule has 0 aliphatic carbocycles. The Kier molecular flexibility index (Phi) is 42.5. The van der Waals surface area contributed by atoms with E-state index in [9.17, 15) is 14.4 Å². The van der Waals surface area contributed by atoms with Gasteiger partial charge in [-0.25, -0.2) is 0 Å². The van der Waals surface area contributed by atoms with Crippen molar-refractivity contribution in [2.75, 3.05) is 13.2 Å². The zero-order valence-corrected chi connectivity index (χ0v) is 36.6. The minimum Gasteiger partial charge on any atom is -0.462 e. The number of ether oxygens (including phenoxy) is 3. The van der Waals surface area contributed by atoms with Crippen LogP contribution in [-0.2, 0) is 28.6 Å². The summed E-state index contributed by atoms with van der Waals surface area (Å²) in [5, 5.41) is 0. The molecule has 0 aromatic heterocycles. The Bertz CT molecular complexity index is 1040. The molecule has 0 bridgehead atoms. The maximum Gasteiger partial charge on any atom is 0.306 e. The third-order valence-electron chi connectivity index (χ3n) is 9.79. The van der Waals surface area contributed by atoms with E-state index < -0.39 is 6.10 Å². The molecule has 0 aliphatic rings. The van der Waals surface area contributed by atoms with E-state index in [0.717, 1.165) is 103 Å². The van der Waals surface area contributed by atoms with Gasteiger partial charge in [0.05, 0.1) is 0 Å². The number of allylic oxidation sites excluding steroid dienone is 10. The van der Waals surface area contributed by atoms with Crippen molar-refractivity contribution in [3.8, 4) is 0 Å². The topological polar surface area (TPSA) is 78.9 Å². The van der Waals surface area contributed by atoms with Crippen LogP contribution in [0.2, 0.25) is 0 Å². The second-order valence-electron chi connectivity index (χ2n) is 15.3. The van der Waals surface area contributed by atoms with Gasteiger partial charge in [-0.15, -0.1) is 0 Å². The highest BCUT2D eigenvalue weighted by atomic mass is 16.6. The number of carbonyl (C=O) groups excluding carboxylic acids is 3. The minimum atomic E-state index is -0.767. The minimum absolute atomic E-state index is 0.0758. The molecule has 0 rings (SSSR count). The summed E-state index contributed by atoms with van der Waals surface area (Å²) in [4.78, 5) is 37.3. The molecule has 1 unspecified atom stereocenters. The van der Waals surface area contributed by atoms with Gasteiger partial charge in [-0.05, 0) is 64.2 Å². The fourth-order valence-corrected chi connectivity index (χ4v) is 6.29. The molecule has 0 saturated heterocycles. The Morgan fingerprint density at radius 1 is 0.375 bits per heavy atom. The van der Waals surface area contributed by atoms with Crippen molar-refractivity contribution in [3.63, 3.8) is 0 Å². The zero-order chi connectivity index (χ0) is 40.8. The molecular formula is C50H86O6. The predicted octanol–water partition coefficient (Wildman–Crippen LogP) is 14.9. The van der Waals surface area contributed by atoms with Crippen molar-refractivity contribution in [1.82, 2.24) is 0 Å². The lowest BCUT2D eigenvalue weighted by atomic mass is 10.1. The van der Waals surface area contributed by atoms with Crippen molar-refractivity contribution in [1.29, 1.82) is 0 Å². The smallest absolute Gasteiger partial charge is 0.306 e. The Morgan fingerprint density at radius 2 is 0.696 bits per heavy atom. The highest BCUT2D eigenvalue weighted by Gasteiger charge is 2.19. The molecule has 0 aromatic rings. The summed E-state index contributed by atoms with van der Waals surface area (Å²) >= 11 is 0. The molecular weight excluding hydrogens is 697 g/mol. The summed E-state index contributed by atoms with van der Waals surface area (Å²) in [6.45, 7) is 6.39. The largest absolute Gasteiger partial charge is 0.462 e. The first-order chi connectivity index (χ1) is 27.5. The lowest BCUT2D eigenvalue weighted by Crippen LogP contribution is -2.30. The van der Waals surface area contributed by atoms with Crippen LogP contribution in [0.1, 0.15) is 220 Å². The molecule has 0 aromatic carbocycles. The van der Waals surface area contributed by atoms with Crippen molar-refractivity contribution >= 4 is 17.9 Å². The molecule has 0 heterocycles. The molecule has 0 spiro atoms. The van der Waals surface area contributed by atoms with Gasteiger partial charge >= 0.3 is 17.9 Å². The lowest BCUT2D eigenvalue weighted by molar-refractivity contribution is -0.167. The van der Waals surface area contributed by atoms with Gasteiger partial charge < -0.3 is 14.2 Å². The third-order valence-corrected chi connectivity index (χ3v) is 9.79. The Labute approximate surface area is 345 Å². The van der Waals surface area contributed by atoms with Gasteiger partial charge in [-0.1, -0.05) is 197 Å². The molecule has 0 N–H and O–H groups in total. The molecule has 0 aliphatic heterocycles. The fourth-order valence-electron chi connectivity index (χ4n) is 6.29. The highest BCUT2D eigenvalue weighted by Crippen LogP contribution is 2.14. The van der Waals surface area contributed by atoms with Gasteiger partial charge in [0.2, 0.25) is 0 Å². The second-order valence-corrected chi connectivity index (χ2v) is 15.3. The van der Waals surface area contributed by atoms with Crippen LogP contribution in [0.25, 0.3) is 0 Å². The van der Waals surface area contributed by atoms with E-state index in [0.29, 0.717) is 19.3 Å². The van der Waals surface area contributed by atoms with Gasteiger partial charge in [0.15, 0.2) is 6.10 Å². The molecule has 6 nitrogen and oxygen atoms in total. The summed E-state index contributed by atoms with van der Waals surface area (Å²) in [5.74, 6) is -0.903. The van der Waals surface area contributed by atoms with Crippen LogP contribution in [0.3, 0.4) is 0 Å². The van der Waals surface area contributed by atoms with Crippen molar-refractivity contribution in [3.05, 3.63) is 60.8 Å². The first kappa shape index (κ1) is 53.1. The van der Waals surface area contributed by atoms with Gasteiger partial charge in [0.1, 0.15) is 13.2 Å². The van der Waals surface area contributed by atoms with Crippen LogP contribution in [0.5, 0.6) is 0 Å². The molecule has 0 amide bonds. The highest BCUT2D eigenvalue weighted by molar-refractivity contribution is 5.71. The number of hydrogen-bond acceptors (Lipinski definition) is 6. The van der Waals surface area contributed by atoms with Crippen LogP contribution < -0.4 is 0 Å². The molecule has 0 fully saturated rings. The Balaban J connectivity index is 4.05. The SMILES string of the molecule is CC/C=C\C/C=C\C/C=C\C/C=C\C/C=C\CCCCCCCCCCCC(=O)OCC(COC(=O)CCCCCCC)OC(=O)CCCCCCCCCC. The molecule has 0 saturated carbocycles. The van der Waals surface area contributed by atoms with Crippen molar-refractivity contribution < 1.29 is 28.6 Å². The number of hydrogen-bond donors (Lipinski definition) is 0. The van der Waals surface area contributed by atoms with Gasteiger partial charge in [0, 0.05) is 19.3 Å². The van der Waals surface area contributed by atoms with Gasteiger partial charge in [-0.3, -0.25) is 14.4 Å². The number of rotatable bonds is 41. The van der Waals surface area contributed by atoms with Crippen LogP contribution >= 0.6 is 0 Å². The third kappa shape index (κ3) is 42.3. The van der Waals surface area contributed by atoms with E-state index in [4.69, 9.17) is 14.2 Å². The van der Waals surface area contributed by atoms with E-state index in [1.54, 1.807) is 0 Å². The second kappa shape index (κ2) is 44.8. The first-order valence-corrected chi connectivity index (χ1v) is 23.3. The maximum atomic E-state index is 12.6. The molecule has 6 heteroatoms. The average Bonchev–Trinajstić information content (AvgIpc) is 3.19. The quantitative estimate of drug-likeness (QED) is 0.0266. The van der Waals surface area contributed by atoms with Gasteiger partial charge in [-0.2, -0.15) is 0 Å². The maximum absolute atomic E-state index is 12.6. The monoisotopic (exact) mass is 783 g/mol. The summed E-state index contributed by atoms with van der Waals surface area (Å²) < 4.78 is 16.5. The molecule has 322 valence electrons. The molecule has 1 atom stereocenters. The lowest BCUT2D eigenvalue weighted by Gasteiger charge is -2.18. The number of esters is 3. The van der Waals surface area contributed by atoms with Crippen molar-refractivity contribution in [2.24, 2.45) is 0 Å². The number of carbonyl (C=O) groups is 3. The zero-order valence-electron chi connectivity index (χ0n) is 36.6. The van der Waals surface area contributed by atoms with E-state index >= 15 is 0 Å². The summed E-state index contributed by atoms with van der Waals surface area (Å²) in [6.07, 6.45) is 54.0.